The Labute approximate surface area is 155 Å². The van der Waals surface area contributed by atoms with Crippen molar-refractivity contribution in [2.75, 3.05) is 46.4 Å². The van der Waals surface area contributed by atoms with Gasteiger partial charge in [0.05, 0.1) is 6.67 Å². The van der Waals surface area contributed by atoms with Gasteiger partial charge in [0.25, 0.3) is 0 Å². The molecule has 0 spiro atoms. The zero-order valence-electron chi connectivity index (χ0n) is 16.9. The maximum Gasteiger partial charge on any atom is 0.0506 e. The molecule has 2 saturated heterocycles. The highest BCUT2D eigenvalue weighted by Crippen LogP contribution is 2.37. The van der Waals surface area contributed by atoms with Crippen LogP contribution < -0.4 is 5.32 Å². The monoisotopic (exact) mass is 345 g/mol. The number of hydrogen-bond acceptors (Lipinski definition) is 3. The lowest BCUT2D eigenvalue weighted by molar-refractivity contribution is -0.0391. The molecule has 0 aliphatic carbocycles. The van der Waals surface area contributed by atoms with E-state index in [1.54, 1.807) is 0 Å². The molecule has 0 aromatic heterocycles. The highest BCUT2D eigenvalue weighted by Gasteiger charge is 2.41. The van der Waals surface area contributed by atoms with Crippen LogP contribution in [0.4, 0.5) is 0 Å². The molecule has 0 radical (unpaired) electrons. The van der Waals surface area contributed by atoms with Gasteiger partial charge in [-0.25, -0.2) is 0 Å². The third-order valence-electron chi connectivity index (χ3n) is 5.72. The zero-order valence-corrected chi connectivity index (χ0v) is 16.9. The third-order valence-corrected chi connectivity index (χ3v) is 5.72. The first-order valence-corrected chi connectivity index (χ1v) is 10.3. The van der Waals surface area contributed by atoms with Crippen LogP contribution in [0.15, 0.2) is 30.3 Å². The van der Waals surface area contributed by atoms with Crippen molar-refractivity contribution in [3.05, 3.63) is 35.9 Å². The fourth-order valence-corrected chi connectivity index (χ4v) is 4.19. The quantitative estimate of drug-likeness (QED) is 0.800. The van der Waals surface area contributed by atoms with Crippen molar-refractivity contribution < 1.29 is 0 Å². The summed E-state index contributed by atoms with van der Waals surface area (Å²) < 4.78 is 0. The molecule has 1 aromatic carbocycles. The molecule has 0 amide bonds. The number of likely N-dealkylation sites (tertiary alicyclic amines) is 2. The van der Waals surface area contributed by atoms with Crippen LogP contribution >= 0.6 is 0 Å². The van der Waals surface area contributed by atoms with E-state index in [2.05, 4.69) is 73.3 Å². The highest BCUT2D eigenvalue weighted by atomic mass is 15.4. The Morgan fingerprint density at radius 1 is 1.08 bits per heavy atom. The van der Waals surface area contributed by atoms with Gasteiger partial charge < -0.3 is 5.32 Å². The van der Waals surface area contributed by atoms with E-state index in [4.69, 9.17) is 0 Å². The Morgan fingerprint density at radius 3 is 2.36 bits per heavy atom. The van der Waals surface area contributed by atoms with Gasteiger partial charge in [-0.3, -0.25) is 9.80 Å². The summed E-state index contributed by atoms with van der Waals surface area (Å²) in [5.74, 6) is 0.739. The van der Waals surface area contributed by atoms with E-state index in [1.807, 2.05) is 0 Å². The van der Waals surface area contributed by atoms with E-state index in [1.165, 1.54) is 64.1 Å². The van der Waals surface area contributed by atoms with E-state index in [0.29, 0.717) is 5.41 Å². The minimum Gasteiger partial charge on any atom is -0.320 e. The number of nitrogens with zero attached hydrogens (tertiary/aromatic N) is 2. The van der Waals surface area contributed by atoms with Crippen LogP contribution in [0.25, 0.3) is 0 Å². The van der Waals surface area contributed by atoms with Crippen LogP contribution in [0.3, 0.4) is 0 Å². The summed E-state index contributed by atoms with van der Waals surface area (Å²) in [5.41, 5.74) is 2.10. The van der Waals surface area contributed by atoms with Crippen molar-refractivity contribution in [3.63, 3.8) is 0 Å². The first kappa shape index (κ1) is 20.4. The Morgan fingerprint density at radius 2 is 1.76 bits per heavy atom. The molecule has 2 aliphatic rings. The van der Waals surface area contributed by atoms with E-state index in [9.17, 15) is 0 Å². The summed E-state index contributed by atoms with van der Waals surface area (Å²) in [7, 11) is 2.06. The van der Waals surface area contributed by atoms with Crippen molar-refractivity contribution >= 4 is 0 Å². The van der Waals surface area contributed by atoms with Crippen molar-refractivity contribution in [2.45, 2.75) is 52.4 Å². The average Bonchev–Trinajstić information content (AvgIpc) is 3.07. The number of nitrogens with one attached hydrogen (secondary N) is 1. The van der Waals surface area contributed by atoms with Gasteiger partial charge in [-0.05, 0) is 49.8 Å². The van der Waals surface area contributed by atoms with Crippen LogP contribution in [-0.4, -0.2) is 56.2 Å². The fourth-order valence-electron chi connectivity index (χ4n) is 4.19. The molecule has 3 heteroatoms. The molecule has 1 N–H and O–H groups in total. The molecule has 3 rings (SSSR count). The molecule has 3 nitrogen and oxygen atoms in total. The maximum absolute atomic E-state index is 3.31. The average molecular weight is 346 g/mol. The Hall–Kier alpha value is -0.900. The number of rotatable bonds is 7. The largest absolute Gasteiger partial charge is 0.320 e. The predicted molar refractivity (Wildman–Crippen MR) is 109 cm³/mol. The van der Waals surface area contributed by atoms with Crippen LogP contribution in [0, 0.1) is 5.41 Å². The van der Waals surface area contributed by atoms with Gasteiger partial charge in [0, 0.05) is 26.2 Å². The summed E-state index contributed by atoms with van der Waals surface area (Å²) in [4.78, 5) is 5.29. The summed E-state index contributed by atoms with van der Waals surface area (Å²) in [6, 6.07) is 11.0. The smallest absolute Gasteiger partial charge is 0.0506 e. The van der Waals surface area contributed by atoms with Crippen LogP contribution in [0.1, 0.15) is 57.9 Å². The predicted octanol–water partition coefficient (Wildman–Crippen LogP) is 4.17. The molecule has 2 heterocycles. The molecule has 25 heavy (non-hydrogen) atoms. The lowest BCUT2D eigenvalue weighted by Gasteiger charge is -2.51. The normalized spacial score (nSPS) is 23.0. The van der Waals surface area contributed by atoms with Crippen LogP contribution in [-0.2, 0) is 0 Å². The molecule has 142 valence electrons. The van der Waals surface area contributed by atoms with Gasteiger partial charge in [0.15, 0.2) is 0 Å². The van der Waals surface area contributed by atoms with Gasteiger partial charge in [0.2, 0.25) is 0 Å². The molecule has 1 unspecified atom stereocenters. The maximum atomic E-state index is 3.31. The summed E-state index contributed by atoms with van der Waals surface area (Å²) in [6.45, 7) is 14.0. The lowest BCUT2D eigenvalue weighted by Crippen LogP contribution is -2.59. The van der Waals surface area contributed by atoms with Gasteiger partial charge >= 0.3 is 0 Å². The van der Waals surface area contributed by atoms with Gasteiger partial charge in [-0.15, -0.1) is 0 Å². The van der Waals surface area contributed by atoms with E-state index < -0.39 is 0 Å². The second-order valence-corrected chi connectivity index (χ2v) is 8.02. The molecular weight excluding hydrogens is 306 g/mol. The molecule has 0 bridgehead atoms. The summed E-state index contributed by atoms with van der Waals surface area (Å²) >= 11 is 0. The van der Waals surface area contributed by atoms with Crippen LogP contribution in [0.2, 0.25) is 0 Å². The molecule has 2 aliphatic heterocycles. The van der Waals surface area contributed by atoms with Crippen molar-refractivity contribution in [1.82, 2.24) is 15.1 Å². The van der Waals surface area contributed by atoms with Crippen molar-refractivity contribution in [1.29, 1.82) is 0 Å². The molecular formula is C22H39N3. The van der Waals surface area contributed by atoms with E-state index in [0.717, 1.165) is 12.5 Å². The molecule has 1 atom stereocenters. The number of hydrogen-bond donors (Lipinski definition) is 1. The lowest BCUT2D eigenvalue weighted by atomic mass is 9.75. The minimum atomic E-state index is 0.585. The van der Waals surface area contributed by atoms with Crippen molar-refractivity contribution in [3.8, 4) is 0 Å². The van der Waals surface area contributed by atoms with Gasteiger partial charge in [-0.2, -0.15) is 0 Å². The minimum absolute atomic E-state index is 0.585. The SMILES string of the molecule is CCC.CCC1(CCNC)CN(CN2CCC(c3ccccc3)C2)C1. The standard InChI is InChI=1S/C19H31N3.C3H8/c1-3-19(10-11-20-2)14-22(15-19)16-21-12-9-18(13-21)17-7-5-4-6-8-17;1-3-2/h4-8,18,20H,3,9-16H2,1-2H3;3H2,1-2H3. The third kappa shape index (κ3) is 5.80. The molecule has 0 saturated carbocycles. The Kier molecular flexibility index (Phi) is 8.41. The fraction of sp³-hybridized carbons (Fsp3) is 0.727. The summed E-state index contributed by atoms with van der Waals surface area (Å²) in [5, 5.41) is 3.31. The Balaban J connectivity index is 0.000000701. The van der Waals surface area contributed by atoms with Gasteiger partial charge in [-0.1, -0.05) is 57.5 Å². The molecule has 2 fully saturated rings. The highest BCUT2D eigenvalue weighted by molar-refractivity contribution is 5.21. The zero-order chi connectivity index (χ0) is 18.1. The Bertz CT molecular complexity index is 467. The summed E-state index contributed by atoms with van der Waals surface area (Å²) in [6.07, 6.45) is 5.21. The van der Waals surface area contributed by atoms with E-state index in [-0.39, 0.29) is 0 Å². The first-order chi connectivity index (χ1) is 12.2. The van der Waals surface area contributed by atoms with Gasteiger partial charge in [0.1, 0.15) is 0 Å². The van der Waals surface area contributed by atoms with Crippen LogP contribution in [0.5, 0.6) is 0 Å². The topological polar surface area (TPSA) is 18.5 Å². The second kappa shape index (κ2) is 10.3. The van der Waals surface area contributed by atoms with E-state index >= 15 is 0 Å². The van der Waals surface area contributed by atoms with Crippen molar-refractivity contribution in [2.24, 2.45) is 5.41 Å². The number of benzene rings is 1. The molecule has 1 aromatic rings. The second-order valence-electron chi connectivity index (χ2n) is 8.02. The first-order valence-electron chi connectivity index (χ1n) is 10.3.